The van der Waals surface area contributed by atoms with Crippen molar-refractivity contribution in [1.29, 1.82) is 0 Å². The molecule has 1 aromatic rings. The lowest BCUT2D eigenvalue weighted by molar-refractivity contribution is 0.0697. The third-order valence-corrected chi connectivity index (χ3v) is 4.08. The van der Waals surface area contributed by atoms with Gasteiger partial charge in [0.1, 0.15) is 0 Å². The van der Waals surface area contributed by atoms with Gasteiger partial charge in [0.2, 0.25) is 10.0 Å². The SMILES string of the molecule is CCCS(=O)(=O)Nc1c(Cl)cc(C(=O)O)cc1Cl. The van der Waals surface area contributed by atoms with Gasteiger partial charge in [-0.1, -0.05) is 30.1 Å². The second-order valence-corrected chi connectivity index (χ2v) is 6.20. The summed E-state index contributed by atoms with van der Waals surface area (Å²) in [5.41, 5.74) is -0.111. The van der Waals surface area contributed by atoms with E-state index in [0.717, 1.165) is 12.1 Å². The van der Waals surface area contributed by atoms with E-state index in [0.29, 0.717) is 6.42 Å². The van der Waals surface area contributed by atoms with Crippen molar-refractivity contribution < 1.29 is 18.3 Å². The molecule has 0 heterocycles. The van der Waals surface area contributed by atoms with E-state index in [1.165, 1.54) is 0 Å². The fourth-order valence-electron chi connectivity index (χ4n) is 1.27. The van der Waals surface area contributed by atoms with Crippen LogP contribution in [0.15, 0.2) is 12.1 Å². The Morgan fingerprint density at radius 2 is 1.83 bits per heavy atom. The topological polar surface area (TPSA) is 83.5 Å². The van der Waals surface area contributed by atoms with Gasteiger partial charge in [-0.15, -0.1) is 0 Å². The van der Waals surface area contributed by atoms with Crippen LogP contribution in [-0.4, -0.2) is 25.2 Å². The number of carboxylic acid groups (broad SMARTS) is 1. The molecule has 8 heteroatoms. The predicted molar refractivity (Wildman–Crippen MR) is 71.1 cm³/mol. The maximum atomic E-state index is 11.6. The molecule has 0 aromatic heterocycles. The summed E-state index contributed by atoms with van der Waals surface area (Å²) >= 11 is 11.6. The third kappa shape index (κ3) is 3.76. The summed E-state index contributed by atoms with van der Waals surface area (Å²) in [6.45, 7) is 1.72. The number of carboxylic acids is 1. The molecule has 0 unspecified atom stereocenters. The van der Waals surface area contributed by atoms with E-state index in [4.69, 9.17) is 28.3 Å². The highest BCUT2D eigenvalue weighted by molar-refractivity contribution is 7.92. The van der Waals surface area contributed by atoms with Crippen molar-refractivity contribution in [2.75, 3.05) is 10.5 Å². The van der Waals surface area contributed by atoms with Crippen molar-refractivity contribution in [3.63, 3.8) is 0 Å². The van der Waals surface area contributed by atoms with Crippen LogP contribution in [0, 0.1) is 0 Å². The van der Waals surface area contributed by atoms with E-state index in [2.05, 4.69) is 4.72 Å². The highest BCUT2D eigenvalue weighted by Gasteiger charge is 2.17. The fraction of sp³-hybridized carbons (Fsp3) is 0.300. The first-order chi connectivity index (χ1) is 8.26. The number of sulfonamides is 1. The van der Waals surface area contributed by atoms with Crippen molar-refractivity contribution >= 4 is 44.9 Å². The Labute approximate surface area is 115 Å². The smallest absolute Gasteiger partial charge is 0.335 e. The Morgan fingerprint density at radius 3 is 2.22 bits per heavy atom. The zero-order valence-electron chi connectivity index (χ0n) is 9.41. The van der Waals surface area contributed by atoms with E-state index < -0.39 is 16.0 Å². The van der Waals surface area contributed by atoms with Gasteiger partial charge in [-0.05, 0) is 18.6 Å². The average molecular weight is 312 g/mol. The minimum Gasteiger partial charge on any atom is -0.478 e. The molecule has 0 spiro atoms. The van der Waals surface area contributed by atoms with Crippen LogP contribution >= 0.6 is 23.2 Å². The Kier molecular flexibility index (Phi) is 4.84. The van der Waals surface area contributed by atoms with Gasteiger partial charge in [0.05, 0.1) is 27.0 Å². The Morgan fingerprint density at radius 1 is 1.33 bits per heavy atom. The summed E-state index contributed by atoms with van der Waals surface area (Å²) in [6.07, 6.45) is 0.442. The lowest BCUT2D eigenvalue weighted by atomic mass is 10.2. The van der Waals surface area contributed by atoms with E-state index in [9.17, 15) is 13.2 Å². The predicted octanol–water partition coefficient (Wildman–Crippen LogP) is 2.84. The molecule has 0 bridgehead atoms. The standard InChI is InChI=1S/C10H11Cl2NO4S/c1-2-3-18(16,17)13-9-7(11)4-6(10(14)15)5-8(9)12/h4-5,13H,2-3H2,1H3,(H,14,15). The molecule has 1 rings (SSSR count). The third-order valence-electron chi connectivity index (χ3n) is 2.02. The molecule has 0 fully saturated rings. The molecule has 0 aliphatic rings. The van der Waals surface area contributed by atoms with Crippen LogP contribution in [-0.2, 0) is 10.0 Å². The van der Waals surface area contributed by atoms with Crippen molar-refractivity contribution in [1.82, 2.24) is 0 Å². The molecule has 2 N–H and O–H groups in total. The molecule has 0 saturated carbocycles. The van der Waals surface area contributed by atoms with E-state index in [-0.39, 0.29) is 27.0 Å². The highest BCUT2D eigenvalue weighted by atomic mass is 35.5. The molecule has 100 valence electrons. The van der Waals surface area contributed by atoms with Crippen LogP contribution in [0.4, 0.5) is 5.69 Å². The highest BCUT2D eigenvalue weighted by Crippen LogP contribution is 2.32. The number of anilines is 1. The largest absolute Gasteiger partial charge is 0.478 e. The van der Waals surface area contributed by atoms with Gasteiger partial charge in [0.25, 0.3) is 0 Å². The first-order valence-corrected chi connectivity index (χ1v) is 7.40. The summed E-state index contributed by atoms with van der Waals surface area (Å²) in [5.74, 6) is -1.26. The zero-order valence-corrected chi connectivity index (χ0v) is 11.7. The number of nitrogens with one attached hydrogen (secondary N) is 1. The number of rotatable bonds is 5. The Bertz CT molecular complexity index is 548. The van der Waals surface area contributed by atoms with Crippen LogP contribution in [0.1, 0.15) is 23.7 Å². The van der Waals surface area contributed by atoms with Crippen LogP contribution in [0.25, 0.3) is 0 Å². The maximum absolute atomic E-state index is 11.6. The lowest BCUT2D eigenvalue weighted by Gasteiger charge is -2.11. The Hall–Kier alpha value is -0.980. The molecule has 0 atom stereocenters. The zero-order chi connectivity index (χ0) is 13.9. The van der Waals surface area contributed by atoms with Crippen LogP contribution < -0.4 is 4.72 Å². The molecule has 0 aliphatic heterocycles. The van der Waals surface area contributed by atoms with Gasteiger partial charge >= 0.3 is 5.97 Å². The maximum Gasteiger partial charge on any atom is 0.335 e. The van der Waals surface area contributed by atoms with Gasteiger partial charge in [-0.2, -0.15) is 0 Å². The minimum atomic E-state index is -3.53. The summed E-state index contributed by atoms with van der Waals surface area (Å²) in [4.78, 5) is 10.7. The summed E-state index contributed by atoms with van der Waals surface area (Å²) < 4.78 is 25.4. The van der Waals surface area contributed by atoms with Gasteiger partial charge in [-0.3, -0.25) is 4.72 Å². The van der Waals surface area contributed by atoms with E-state index >= 15 is 0 Å². The first-order valence-electron chi connectivity index (χ1n) is 4.99. The first kappa shape index (κ1) is 15.1. The number of aromatic carboxylic acids is 1. The number of halogens is 2. The summed E-state index contributed by atoms with van der Waals surface area (Å²) in [7, 11) is -3.53. The van der Waals surface area contributed by atoms with Crippen molar-refractivity contribution in [3.8, 4) is 0 Å². The normalized spacial score (nSPS) is 11.3. The Balaban J connectivity index is 3.16. The van der Waals surface area contributed by atoms with Crippen LogP contribution in [0.3, 0.4) is 0 Å². The number of carbonyl (C=O) groups is 1. The molecule has 0 saturated heterocycles. The lowest BCUT2D eigenvalue weighted by Crippen LogP contribution is -2.17. The molecule has 0 amide bonds. The molecular formula is C10H11Cl2NO4S. The monoisotopic (exact) mass is 311 g/mol. The summed E-state index contributed by atoms with van der Waals surface area (Å²) in [5, 5.41) is 8.67. The molecule has 5 nitrogen and oxygen atoms in total. The van der Waals surface area contributed by atoms with Crippen LogP contribution in [0.5, 0.6) is 0 Å². The number of benzene rings is 1. The van der Waals surface area contributed by atoms with Crippen molar-refractivity contribution in [3.05, 3.63) is 27.7 Å². The van der Waals surface area contributed by atoms with Gasteiger partial charge in [-0.25, -0.2) is 13.2 Å². The number of hydrogen-bond donors (Lipinski definition) is 2. The molecule has 0 radical (unpaired) electrons. The quantitative estimate of drug-likeness (QED) is 0.875. The number of hydrogen-bond acceptors (Lipinski definition) is 3. The second kappa shape index (κ2) is 5.77. The summed E-state index contributed by atoms with van der Waals surface area (Å²) in [6, 6.07) is 2.28. The van der Waals surface area contributed by atoms with Crippen molar-refractivity contribution in [2.24, 2.45) is 0 Å². The second-order valence-electron chi connectivity index (χ2n) is 3.54. The van der Waals surface area contributed by atoms with E-state index in [1.807, 2.05) is 0 Å². The molecule has 0 aliphatic carbocycles. The average Bonchev–Trinajstić information content (AvgIpc) is 2.22. The van der Waals surface area contributed by atoms with Gasteiger partial charge in [0, 0.05) is 0 Å². The van der Waals surface area contributed by atoms with Crippen LogP contribution in [0.2, 0.25) is 10.0 Å². The van der Waals surface area contributed by atoms with Gasteiger partial charge < -0.3 is 5.11 Å². The molecule has 18 heavy (non-hydrogen) atoms. The molecular weight excluding hydrogens is 301 g/mol. The minimum absolute atomic E-state index is 0.00298. The van der Waals surface area contributed by atoms with Crippen molar-refractivity contribution in [2.45, 2.75) is 13.3 Å². The van der Waals surface area contributed by atoms with Gasteiger partial charge in [0.15, 0.2) is 0 Å². The fourth-order valence-corrected chi connectivity index (χ4v) is 3.13. The molecule has 1 aromatic carbocycles. The van der Waals surface area contributed by atoms with E-state index in [1.54, 1.807) is 6.92 Å².